The van der Waals surface area contributed by atoms with E-state index in [1.165, 1.54) is 12.1 Å². The predicted molar refractivity (Wildman–Crippen MR) is 157 cm³/mol. The summed E-state index contributed by atoms with van der Waals surface area (Å²) in [6.07, 6.45) is 0. The van der Waals surface area contributed by atoms with Crippen LogP contribution in [0.15, 0.2) is 71.9 Å². The second kappa shape index (κ2) is 14.0. The van der Waals surface area contributed by atoms with Gasteiger partial charge in [0.2, 0.25) is 5.91 Å². The number of amides is 2. The standard InChI is InChI=1S/C28H25Cl2N5O5S/c1-3-40-27(38)17-8-11-19(12-9-17)32-25(36)16-41-28-34-33-24(35(28)22-6-4-5-7-23(22)39-2)15-31-26(37)20-13-10-18(29)14-21(20)30/h4-14H,3,15-16H2,1-2H3,(H,31,37)(H,32,36). The Kier molecular flexibility index (Phi) is 10.2. The van der Waals surface area contributed by atoms with Crippen molar-refractivity contribution in [3.05, 3.63) is 93.7 Å². The summed E-state index contributed by atoms with van der Waals surface area (Å²) in [6.45, 7) is 2.02. The highest BCUT2D eigenvalue weighted by Gasteiger charge is 2.20. The van der Waals surface area contributed by atoms with Crippen molar-refractivity contribution >= 4 is 58.4 Å². The number of rotatable bonds is 11. The molecule has 10 nitrogen and oxygen atoms in total. The van der Waals surface area contributed by atoms with Crippen LogP contribution in [0.3, 0.4) is 0 Å². The third-order valence-electron chi connectivity index (χ3n) is 5.62. The number of nitrogens with zero attached hydrogens (tertiary/aromatic N) is 3. The molecule has 4 aromatic rings. The number of esters is 1. The predicted octanol–water partition coefficient (Wildman–Crippen LogP) is 5.42. The van der Waals surface area contributed by atoms with E-state index in [1.807, 2.05) is 18.2 Å². The molecule has 0 spiro atoms. The van der Waals surface area contributed by atoms with E-state index in [0.717, 1.165) is 11.8 Å². The maximum atomic E-state index is 12.8. The molecule has 0 aliphatic heterocycles. The molecule has 13 heteroatoms. The fourth-order valence-electron chi connectivity index (χ4n) is 3.72. The lowest BCUT2D eigenvalue weighted by molar-refractivity contribution is -0.113. The average Bonchev–Trinajstić information content (AvgIpc) is 3.37. The molecule has 2 amide bonds. The summed E-state index contributed by atoms with van der Waals surface area (Å²) in [5, 5.41) is 15.2. The number of ether oxygens (including phenoxy) is 2. The first-order valence-electron chi connectivity index (χ1n) is 12.3. The van der Waals surface area contributed by atoms with Crippen molar-refractivity contribution in [2.75, 3.05) is 24.8 Å². The van der Waals surface area contributed by atoms with Gasteiger partial charge in [-0.05, 0) is 61.5 Å². The number of nitrogens with one attached hydrogen (secondary N) is 2. The summed E-state index contributed by atoms with van der Waals surface area (Å²) < 4.78 is 12.2. The van der Waals surface area contributed by atoms with Gasteiger partial charge in [0.15, 0.2) is 11.0 Å². The molecule has 0 aliphatic rings. The molecule has 4 rings (SSSR count). The highest BCUT2D eigenvalue weighted by atomic mass is 35.5. The average molecular weight is 615 g/mol. The Morgan fingerprint density at radius 3 is 2.46 bits per heavy atom. The van der Waals surface area contributed by atoms with E-state index in [9.17, 15) is 14.4 Å². The number of thioether (sulfide) groups is 1. The van der Waals surface area contributed by atoms with E-state index < -0.39 is 11.9 Å². The Hall–Kier alpha value is -4.06. The van der Waals surface area contributed by atoms with Crippen molar-refractivity contribution in [1.29, 1.82) is 0 Å². The molecule has 0 bridgehead atoms. The molecular formula is C28H25Cl2N5O5S. The highest BCUT2D eigenvalue weighted by molar-refractivity contribution is 7.99. The van der Waals surface area contributed by atoms with Gasteiger partial charge in [0.1, 0.15) is 5.75 Å². The van der Waals surface area contributed by atoms with Gasteiger partial charge in [-0.3, -0.25) is 14.2 Å². The first kappa shape index (κ1) is 29.9. The molecule has 212 valence electrons. The Bertz CT molecular complexity index is 1560. The monoisotopic (exact) mass is 613 g/mol. The van der Waals surface area contributed by atoms with E-state index in [2.05, 4.69) is 20.8 Å². The zero-order chi connectivity index (χ0) is 29.4. The largest absolute Gasteiger partial charge is 0.495 e. The van der Waals surface area contributed by atoms with Crippen LogP contribution in [-0.4, -0.2) is 52.0 Å². The fraction of sp³-hybridized carbons (Fsp3) is 0.179. The van der Waals surface area contributed by atoms with Crippen molar-refractivity contribution in [3.63, 3.8) is 0 Å². The Morgan fingerprint density at radius 2 is 1.76 bits per heavy atom. The number of hydrogen-bond acceptors (Lipinski definition) is 8. The van der Waals surface area contributed by atoms with Gasteiger partial charge in [-0.2, -0.15) is 0 Å². The van der Waals surface area contributed by atoms with Crippen LogP contribution in [0.25, 0.3) is 5.69 Å². The lowest BCUT2D eigenvalue weighted by Gasteiger charge is -2.14. The van der Waals surface area contributed by atoms with E-state index in [0.29, 0.717) is 38.7 Å². The molecule has 41 heavy (non-hydrogen) atoms. The van der Waals surface area contributed by atoms with Crippen LogP contribution in [0.2, 0.25) is 10.0 Å². The zero-order valence-electron chi connectivity index (χ0n) is 22.0. The molecule has 0 saturated carbocycles. The SMILES string of the molecule is CCOC(=O)c1ccc(NC(=O)CSc2nnc(CNC(=O)c3ccc(Cl)cc3Cl)n2-c2ccccc2OC)cc1. The van der Waals surface area contributed by atoms with Crippen LogP contribution in [0, 0.1) is 0 Å². The first-order chi connectivity index (χ1) is 19.8. The normalized spacial score (nSPS) is 10.6. The molecule has 1 aromatic heterocycles. The fourth-order valence-corrected chi connectivity index (χ4v) is 4.98. The number of benzene rings is 3. The molecule has 2 N–H and O–H groups in total. The molecule has 0 saturated heterocycles. The minimum Gasteiger partial charge on any atom is -0.495 e. The second-order valence-electron chi connectivity index (χ2n) is 8.35. The number of methoxy groups -OCH3 is 1. The minimum absolute atomic E-state index is 0.0135. The lowest BCUT2D eigenvalue weighted by Crippen LogP contribution is -2.25. The number of anilines is 1. The number of aromatic nitrogens is 3. The summed E-state index contributed by atoms with van der Waals surface area (Å²) in [7, 11) is 1.54. The van der Waals surface area contributed by atoms with E-state index >= 15 is 0 Å². The number of carbonyl (C=O) groups excluding carboxylic acids is 3. The summed E-state index contributed by atoms with van der Waals surface area (Å²) in [4.78, 5) is 37.4. The van der Waals surface area contributed by atoms with Crippen LogP contribution in [0.1, 0.15) is 33.5 Å². The molecule has 1 heterocycles. The van der Waals surface area contributed by atoms with Gasteiger partial charge < -0.3 is 20.1 Å². The number of hydrogen-bond donors (Lipinski definition) is 2. The summed E-state index contributed by atoms with van der Waals surface area (Å²) >= 11 is 13.3. The highest BCUT2D eigenvalue weighted by Crippen LogP contribution is 2.29. The number of para-hydroxylation sites is 2. The van der Waals surface area contributed by atoms with E-state index in [4.69, 9.17) is 32.7 Å². The van der Waals surface area contributed by atoms with Gasteiger partial charge in [-0.15, -0.1) is 10.2 Å². The van der Waals surface area contributed by atoms with Gasteiger partial charge in [0.25, 0.3) is 5.91 Å². The third kappa shape index (κ3) is 7.57. The van der Waals surface area contributed by atoms with Gasteiger partial charge in [0, 0.05) is 10.7 Å². The molecule has 0 aliphatic carbocycles. The van der Waals surface area contributed by atoms with E-state index in [-0.39, 0.29) is 35.4 Å². The van der Waals surface area contributed by atoms with Crippen molar-refractivity contribution in [3.8, 4) is 11.4 Å². The van der Waals surface area contributed by atoms with Gasteiger partial charge in [0.05, 0.1) is 47.9 Å². The van der Waals surface area contributed by atoms with Gasteiger partial charge in [-0.25, -0.2) is 4.79 Å². The summed E-state index contributed by atoms with van der Waals surface area (Å²) in [5.41, 5.74) is 1.81. The molecular weight excluding hydrogens is 589 g/mol. The lowest BCUT2D eigenvalue weighted by atomic mass is 10.2. The minimum atomic E-state index is -0.431. The second-order valence-corrected chi connectivity index (χ2v) is 10.1. The van der Waals surface area contributed by atoms with Crippen LogP contribution in [0.4, 0.5) is 5.69 Å². The molecule has 0 unspecified atom stereocenters. The Balaban J connectivity index is 1.49. The van der Waals surface area contributed by atoms with Crippen molar-refractivity contribution < 1.29 is 23.9 Å². The number of carbonyl (C=O) groups is 3. The Labute approximate surface area is 250 Å². The number of halogens is 2. The van der Waals surface area contributed by atoms with Crippen LogP contribution in [0.5, 0.6) is 5.75 Å². The van der Waals surface area contributed by atoms with Gasteiger partial charge >= 0.3 is 5.97 Å². The van der Waals surface area contributed by atoms with Crippen molar-refractivity contribution in [1.82, 2.24) is 20.1 Å². The summed E-state index contributed by atoms with van der Waals surface area (Å²) in [5.74, 6) is -0.164. The zero-order valence-corrected chi connectivity index (χ0v) is 24.3. The van der Waals surface area contributed by atoms with Crippen LogP contribution in [-0.2, 0) is 16.1 Å². The smallest absolute Gasteiger partial charge is 0.338 e. The van der Waals surface area contributed by atoms with Gasteiger partial charge in [-0.1, -0.05) is 47.1 Å². The van der Waals surface area contributed by atoms with E-state index in [1.54, 1.807) is 55.0 Å². The topological polar surface area (TPSA) is 124 Å². The summed E-state index contributed by atoms with van der Waals surface area (Å²) in [6, 6.07) is 18.3. The van der Waals surface area contributed by atoms with Crippen molar-refractivity contribution in [2.45, 2.75) is 18.6 Å². The maximum absolute atomic E-state index is 12.8. The first-order valence-corrected chi connectivity index (χ1v) is 14.1. The Morgan fingerprint density at radius 1 is 1.00 bits per heavy atom. The third-order valence-corrected chi connectivity index (χ3v) is 7.10. The maximum Gasteiger partial charge on any atom is 0.338 e. The molecule has 0 atom stereocenters. The molecule has 0 fully saturated rings. The van der Waals surface area contributed by atoms with Crippen molar-refractivity contribution in [2.24, 2.45) is 0 Å². The van der Waals surface area contributed by atoms with Crippen LogP contribution >= 0.6 is 35.0 Å². The van der Waals surface area contributed by atoms with Crippen LogP contribution < -0.4 is 15.4 Å². The quantitative estimate of drug-likeness (QED) is 0.170. The molecule has 3 aromatic carbocycles. The molecule has 0 radical (unpaired) electrons.